The summed E-state index contributed by atoms with van der Waals surface area (Å²) >= 11 is 0. The van der Waals surface area contributed by atoms with E-state index in [1.165, 1.54) is 25.0 Å². The lowest BCUT2D eigenvalue weighted by Gasteiger charge is -2.14. The molecule has 1 saturated carbocycles. The maximum Gasteiger partial charge on any atom is 0.0948 e. The number of hydrogen-bond acceptors (Lipinski definition) is 2. The highest BCUT2D eigenvalue weighted by Crippen LogP contribution is 2.52. The zero-order valence-electron chi connectivity index (χ0n) is 10.2. The minimum absolute atomic E-state index is 0.546. The van der Waals surface area contributed by atoms with Crippen molar-refractivity contribution in [1.29, 1.82) is 0 Å². The first-order valence-electron chi connectivity index (χ1n) is 6.40. The van der Waals surface area contributed by atoms with E-state index in [0.29, 0.717) is 11.5 Å². The molecular weight excluding hydrogens is 198 g/mol. The first kappa shape index (κ1) is 10.3. The van der Waals surface area contributed by atoms with Crippen LogP contribution in [-0.4, -0.2) is 16.1 Å². The quantitative estimate of drug-likeness (QED) is 0.845. The Morgan fingerprint density at radius 2 is 2.38 bits per heavy atom. The molecule has 1 aliphatic carbocycles. The van der Waals surface area contributed by atoms with Crippen molar-refractivity contribution in [3.63, 3.8) is 0 Å². The van der Waals surface area contributed by atoms with Gasteiger partial charge in [0.2, 0.25) is 0 Å². The smallest absolute Gasteiger partial charge is 0.0948 e. The molecule has 16 heavy (non-hydrogen) atoms. The minimum atomic E-state index is 0.546. The van der Waals surface area contributed by atoms with E-state index in [2.05, 4.69) is 28.7 Å². The van der Waals surface area contributed by atoms with Gasteiger partial charge < -0.3 is 9.88 Å². The van der Waals surface area contributed by atoms with E-state index in [9.17, 15) is 0 Å². The Morgan fingerprint density at radius 1 is 1.56 bits per heavy atom. The van der Waals surface area contributed by atoms with Crippen molar-refractivity contribution in [3.8, 4) is 0 Å². The van der Waals surface area contributed by atoms with Gasteiger partial charge in [-0.2, -0.15) is 0 Å². The summed E-state index contributed by atoms with van der Waals surface area (Å²) in [5.41, 5.74) is 1.95. The van der Waals surface area contributed by atoms with Crippen molar-refractivity contribution in [3.05, 3.63) is 18.2 Å². The number of aromatic nitrogens is 2. The molecule has 88 valence electrons. The standard InChI is InChI=1S/C13H21N3/c1-13(2)6-10(13)8-16-9-14-7-12(16)11-4-3-5-15-11/h7,9-11,15H,3-6,8H2,1-2H3. The van der Waals surface area contributed by atoms with E-state index in [1.54, 1.807) is 0 Å². The highest BCUT2D eigenvalue weighted by molar-refractivity contribution is 5.08. The van der Waals surface area contributed by atoms with Gasteiger partial charge in [-0.15, -0.1) is 0 Å². The van der Waals surface area contributed by atoms with Crippen molar-refractivity contribution in [2.45, 2.75) is 45.7 Å². The van der Waals surface area contributed by atoms with Crippen LogP contribution in [-0.2, 0) is 6.54 Å². The van der Waals surface area contributed by atoms with Crippen molar-refractivity contribution in [1.82, 2.24) is 14.9 Å². The molecule has 0 radical (unpaired) electrons. The van der Waals surface area contributed by atoms with Gasteiger partial charge in [-0.1, -0.05) is 13.8 Å². The molecule has 2 aliphatic rings. The summed E-state index contributed by atoms with van der Waals surface area (Å²) in [6, 6.07) is 0.546. The molecule has 2 fully saturated rings. The Bertz CT molecular complexity index is 374. The second kappa shape index (κ2) is 3.59. The summed E-state index contributed by atoms with van der Waals surface area (Å²) in [6.07, 6.45) is 7.97. The van der Waals surface area contributed by atoms with E-state index in [4.69, 9.17) is 0 Å². The molecule has 3 heteroatoms. The predicted octanol–water partition coefficient (Wildman–Crippen LogP) is 2.35. The molecule has 0 aromatic carbocycles. The lowest BCUT2D eigenvalue weighted by Crippen LogP contribution is -2.17. The predicted molar refractivity (Wildman–Crippen MR) is 64.1 cm³/mol. The molecular formula is C13H21N3. The van der Waals surface area contributed by atoms with Gasteiger partial charge in [0.25, 0.3) is 0 Å². The zero-order chi connectivity index (χ0) is 11.2. The summed E-state index contributed by atoms with van der Waals surface area (Å²) in [4.78, 5) is 4.32. The molecule has 3 rings (SSSR count). The van der Waals surface area contributed by atoms with Crippen LogP contribution in [0.2, 0.25) is 0 Å². The van der Waals surface area contributed by atoms with Crippen LogP contribution < -0.4 is 5.32 Å². The SMILES string of the molecule is CC1(C)CC1Cn1cncc1C1CCCN1. The summed E-state index contributed by atoms with van der Waals surface area (Å²) in [7, 11) is 0. The average Bonchev–Trinajstić information content (AvgIpc) is 2.66. The molecule has 0 bridgehead atoms. The Balaban J connectivity index is 1.72. The fourth-order valence-electron chi connectivity index (χ4n) is 2.84. The molecule has 2 heterocycles. The second-order valence-electron chi connectivity index (χ2n) is 6.01. The lowest BCUT2D eigenvalue weighted by molar-refractivity contribution is 0.474. The number of rotatable bonds is 3. The van der Waals surface area contributed by atoms with Gasteiger partial charge in [0.1, 0.15) is 0 Å². The van der Waals surface area contributed by atoms with Crippen LogP contribution >= 0.6 is 0 Å². The van der Waals surface area contributed by atoms with Crippen LogP contribution in [0.3, 0.4) is 0 Å². The molecule has 1 aliphatic heterocycles. The summed E-state index contributed by atoms with van der Waals surface area (Å²) < 4.78 is 2.36. The average molecular weight is 219 g/mol. The molecule has 0 amide bonds. The van der Waals surface area contributed by atoms with Crippen molar-refractivity contribution < 1.29 is 0 Å². The van der Waals surface area contributed by atoms with Gasteiger partial charge >= 0.3 is 0 Å². The van der Waals surface area contributed by atoms with Crippen LogP contribution in [0.15, 0.2) is 12.5 Å². The normalized spacial score (nSPS) is 31.9. The van der Waals surface area contributed by atoms with Crippen molar-refractivity contribution >= 4 is 0 Å². The molecule has 3 nitrogen and oxygen atoms in total. The lowest BCUT2D eigenvalue weighted by atomic mass is 10.1. The van der Waals surface area contributed by atoms with E-state index in [-0.39, 0.29) is 0 Å². The van der Waals surface area contributed by atoms with E-state index in [1.807, 2.05) is 12.5 Å². The first-order valence-corrected chi connectivity index (χ1v) is 6.40. The first-order chi connectivity index (χ1) is 7.67. The minimum Gasteiger partial charge on any atom is -0.333 e. The van der Waals surface area contributed by atoms with Crippen molar-refractivity contribution in [2.75, 3.05) is 6.54 Å². The van der Waals surface area contributed by atoms with Crippen LogP contribution in [0.1, 0.15) is 44.8 Å². The van der Waals surface area contributed by atoms with Gasteiger partial charge in [-0.25, -0.2) is 4.98 Å². The summed E-state index contributed by atoms with van der Waals surface area (Å²) in [5, 5.41) is 3.55. The fraction of sp³-hybridized carbons (Fsp3) is 0.769. The van der Waals surface area contributed by atoms with Crippen molar-refractivity contribution in [2.24, 2.45) is 11.3 Å². The molecule has 1 saturated heterocycles. The van der Waals surface area contributed by atoms with E-state index in [0.717, 1.165) is 19.0 Å². The van der Waals surface area contributed by atoms with Gasteiger partial charge in [-0.05, 0) is 37.1 Å². The molecule has 0 spiro atoms. The zero-order valence-corrected chi connectivity index (χ0v) is 10.2. The monoisotopic (exact) mass is 219 g/mol. The number of imidazole rings is 1. The Labute approximate surface area is 97.3 Å². The third kappa shape index (κ3) is 1.77. The molecule has 2 unspecified atom stereocenters. The maximum atomic E-state index is 4.32. The van der Waals surface area contributed by atoms with Gasteiger partial charge in [0, 0.05) is 18.8 Å². The van der Waals surface area contributed by atoms with Gasteiger partial charge in [0.05, 0.1) is 12.0 Å². The fourth-order valence-corrected chi connectivity index (χ4v) is 2.84. The molecule has 1 aromatic rings. The Kier molecular flexibility index (Phi) is 2.32. The van der Waals surface area contributed by atoms with Gasteiger partial charge in [-0.3, -0.25) is 0 Å². The third-order valence-electron chi connectivity index (χ3n) is 4.30. The third-order valence-corrected chi connectivity index (χ3v) is 4.30. The van der Waals surface area contributed by atoms with E-state index >= 15 is 0 Å². The van der Waals surface area contributed by atoms with E-state index < -0.39 is 0 Å². The second-order valence-corrected chi connectivity index (χ2v) is 6.01. The number of nitrogens with one attached hydrogen (secondary N) is 1. The molecule has 2 atom stereocenters. The van der Waals surface area contributed by atoms with Crippen LogP contribution in [0.4, 0.5) is 0 Å². The Hall–Kier alpha value is -0.830. The highest BCUT2D eigenvalue weighted by Gasteiger charge is 2.45. The maximum absolute atomic E-state index is 4.32. The highest BCUT2D eigenvalue weighted by atomic mass is 15.1. The Morgan fingerprint density at radius 3 is 3.00 bits per heavy atom. The van der Waals surface area contributed by atoms with Crippen LogP contribution in [0, 0.1) is 11.3 Å². The topological polar surface area (TPSA) is 29.9 Å². The molecule has 1 N–H and O–H groups in total. The largest absolute Gasteiger partial charge is 0.333 e. The van der Waals surface area contributed by atoms with Crippen LogP contribution in [0.5, 0.6) is 0 Å². The molecule has 1 aromatic heterocycles. The summed E-state index contributed by atoms with van der Waals surface area (Å²) in [6.45, 7) is 7.04. The van der Waals surface area contributed by atoms with Crippen LogP contribution in [0.25, 0.3) is 0 Å². The van der Waals surface area contributed by atoms with Gasteiger partial charge in [0.15, 0.2) is 0 Å². The number of nitrogens with zero attached hydrogens (tertiary/aromatic N) is 2. The summed E-state index contributed by atoms with van der Waals surface area (Å²) in [5.74, 6) is 0.849. The number of hydrogen-bond donors (Lipinski definition) is 1.